The molecule has 0 radical (unpaired) electrons. The van der Waals surface area contributed by atoms with Crippen molar-refractivity contribution in [3.8, 4) is 0 Å². The number of carbonyl (C=O) groups is 1. The Labute approximate surface area is 130 Å². The largest absolute Gasteiger partial charge is 0.429 e. The lowest BCUT2D eigenvalue weighted by Gasteiger charge is -2.07. The van der Waals surface area contributed by atoms with Gasteiger partial charge in [0.2, 0.25) is 0 Å². The van der Waals surface area contributed by atoms with Crippen LogP contribution in [-0.4, -0.2) is 15.9 Å². The average molecular weight is 315 g/mol. The molecule has 1 aromatic carbocycles. The van der Waals surface area contributed by atoms with E-state index in [0.717, 1.165) is 5.52 Å². The first kappa shape index (κ1) is 14.3. The Morgan fingerprint density at radius 2 is 2.00 bits per heavy atom. The van der Waals surface area contributed by atoms with Crippen LogP contribution >= 0.6 is 12.2 Å². The van der Waals surface area contributed by atoms with Crippen LogP contribution < -0.4 is 10.9 Å². The van der Waals surface area contributed by atoms with Crippen LogP contribution in [0.3, 0.4) is 0 Å². The fourth-order valence-corrected chi connectivity index (χ4v) is 2.55. The van der Waals surface area contributed by atoms with Crippen molar-refractivity contribution < 1.29 is 9.21 Å². The highest BCUT2D eigenvalue weighted by Gasteiger charge is 2.15. The van der Waals surface area contributed by atoms with Crippen LogP contribution in [0.5, 0.6) is 0 Å². The standard InChI is InChI=1S/C15H13N3O3S/c1-7-5-8(2)16-13(19)12(7)14(20)17-9-3-4-10-11(6-9)21-15(22)18-10/h3-6H,1-2H3,(H,16,19)(H,17,20)(H,18,22). The molecule has 0 aliphatic heterocycles. The number of fused-ring (bicyclic) bond motifs is 1. The van der Waals surface area contributed by atoms with Crippen molar-refractivity contribution in [1.29, 1.82) is 0 Å². The lowest BCUT2D eigenvalue weighted by atomic mass is 10.1. The molecular weight excluding hydrogens is 302 g/mol. The van der Waals surface area contributed by atoms with Crippen LogP contribution in [0.1, 0.15) is 21.6 Å². The van der Waals surface area contributed by atoms with Crippen molar-refractivity contribution in [3.05, 3.63) is 56.3 Å². The summed E-state index contributed by atoms with van der Waals surface area (Å²) in [6, 6.07) is 6.86. The highest BCUT2D eigenvalue weighted by Crippen LogP contribution is 2.19. The quantitative estimate of drug-likeness (QED) is 0.634. The van der Waals surface area contributed by atoms with Crippen molar-refractivity contribution in [3.63, 3.8) is 0 Å². The first-order valence-corrected chi connectivity index (χ1v) is 6.99. The zero-order chi connectivity index (χ0) is 15.9. The van der Waals surface area contributed by atoms with Gasteiger partial charge in [0.05, 0.1) is 5.52 Å². The van der Waals surface area contributed by atoms with E-state index in [2.05, 4.69) is 15.3 Å². The monoisotopic (exact) mass is 315 g/mol. The van der Waals surface area contributed by atoms with Gasteiger partial charge in [0.25, 0.3) is 16.3 Å². The van der Waals surface area contributed by atoms with Crippen molar-refractivity contribution in [2.24, 2.45) is 0 Å². The SMILES string of the molecule is Cc1cc(C)c(C(=O)Nc2ccc3[nH]c(=S)oc3c2)c(=O)[nH]1. The van der Waals surface area contributed by atoms with Gasteiger partial charge in [-0.05, 0) is 49.8 Å². The maximum atomic E-state index is 12.3. The Kier molecular flexibility index (Phi) is 3.42. The fraction of sp³-hybridized carbons (Fsp3) is 0.133. The van der Waals surface area contributed by atoms with E-state index in [1.54, 1.807) is 38.1 Å². The van der Waals surface area contributed by atoms with E-state index in [9.17, 15) is 9.59 Å². The normalized spacial score (nSPS) is 10.8. The molecule has 1 amide bonds. The van der Waals surface area contributed by atoms with Gasteiger partial charge in [0, 0.05) is 17.4 Å². The third-order valence-electron chi connectivity index (χ3n) is 3.27. The third kappa shape index (κ3) is 2.58. The molecule has 0 saturated carbocycles. The Morgan fingerprint density at radius 3 is 2.73 bits per heavy atom. The zero-order valence-corrected chi connectivity index (χ0v) is 12.8. The number of rotatable bonds is 2. The smallest absolute Gasteiger partial charge is 0.266 e. The van der Waals surface area contributed by atoms with E-state index in [0.29, 0.717) is 22.5 Å². The number of hydrogen-bond acceptors (Lipinski definition) is 4. The number of anilines is 1. The van der Waals surface area contributed by atoms with Crippen molar-refractivity contribution in [2.75, 3.05) is 5.32 Å². The Bertz CT molecular complexity index is 997. The number of aryl methyl sites for hydroxylation is 2. The highest BCUT2D eigenvalue weighted by molar-refractivity contribution is 7.71. The van der Waals surface area contributed by atoms with Gasteiger partial charge in [-0.15, -0.1) is 0 Å². The van der Waals surface area contributed by atoms with Gasteiger partial charge in [-0.2, -0.15) is 0 Å². The van der Waals surface area contributed by atoms with Crippen LogP contribution in [0, 0.1) is 18.7 Å². The number of benzene rings is 1. The maximum absolute atomic E-state index is 12.3. The number of nitrogens with one attached hydrogen (secondary N) is 3. The molecule has 0 saturated heterocycles. The molecule has 0 aliphatic rings. The van der Waals surface area contributed by atoms with Crippen LogP contribution in [0.2, 0.25) is 0 Å². The summed E-state index contributed by atoms with van der Waals surface area (Å²) in [7, 11) is 0. The summed E-state index contributed by atoms with van der Waals surface area (Å²) >= 11 is 4.91. The van der Waals surface area contributed by atoms with Gasteiger partial charge in [0.15, 0.2) is 5.58 Å². The molecular formula is C15H13N3O3S. The second kappa shape index (κ2) is 5.27. The Hall–Kier alpha value is -2.67. The summed E-state index contributed by atoms with van der Waals surface area (Å²) in [6.07, 6.45) is 0. The van der Waals surface area contributed by atoms with Crippen LogP contribution in [0.4, 0.5) is 5.69 Å². The maximum Gasteiger partial charge on any atom is 0.266 e. The van der Waals surface area contributed by atoms with E-state index in [-0.39, 0.29) is 10.4 Å². The summed E-state index contributed by atoms with van der Waals surface area (Å²) in [5.74, 6) is -0.466. The molecule has 0 bridgehead atoms. The van der Waals surface area contributed by atoms with Crippen LogP contribution in [0.25, 0.3) is 11.1 Å². The molecule has 3 N–H and O–H groups in total. The molecule has 3 rings (SSSR count). The molecule has 3 aromatic rings. The summed E-state index contributed by atoms with van der Waals surface area (Å²) in [5, 5.41) is 2.69. The van der Waals surface area contributed by atoms with E-state index in [1.807, 2.05) is 0 Å². The molecule has 0 unspecified atom stereocenters. The Balaban J connectivity index is 1.96. The number of aromatic nitrogens is 2. The minimum absolute atomic E-state index is 0.0978. The fourth-order valence-electron chi connectivity index (χ4n) is 2.35. The summed E-state index contributed by atoms with van der Waals surface area (Å²) in [4.78, 5) is 30.0. The van der Waals surface area contributed by atoms with Crippen molar-refractivity contribution >= 4 is 34.9 Å². The second-order valence-electron chi connectivity index (χ2n) is 5.02. The topological polar surface area (TPSA) is 90.9 Å². The minimum atomic E-state index is -0.466. The van der Waals surface area contributed by atoms with Crippen LogP contribution in [0.15, 0.2) is 33.5 Å². The van der Waals surface area contributed by atoms with Crippen LogP contribution in [-0.2, 0) is 0 Å². The molecule has 0 fully saturated rings. The number of carbonyl (C=O) groups excluding carboxylic acids is 1. The Morgan fingerprint density at radius 1 is 1.23 bits per heavy atom. The zero-order valence-electron chi connectivity index (χ0n) is 11.9. The number of oxazole rings is 1. The van der Waals surface area contributed by atoms with Gasteiger partial charge < -0.3 is 19.7 Å². The molecule has 7 heteroatoms. The van der Waals surface area contributed by atoms with Crippen molar-refractivity contribution in [1.82, 2.24) is 9.97 Å². The number of aromatic amines is 2. The number of H-pyrrole nitrogens is 2. The molecule has 0 spiro atoms. The average Bonchev–Trinajstić information content (AvgIpc) is 2.76. The van der Waals surface area contributed by atoms with Crippen molar-refractivity contribution in [2.45, 2.75) is 13.8 Å². The first-order valence-electron chi connectivity index (χ1n) is 6.59. The molecule has 6 nitrogen and oxygen atoms in total. The van der Waals surface area contributed by atoms with Gasteiger partial charge in [0.1, 0.15) is 5.56 Å². The van der Waals surface area contributed by atoms with Gasteiger partial charge in [-0.1, -0.05) is 0 Å². The van der Waals surface area contributed by atoms with E-state index in [4.69, 9.17) is 16.6 Å². The lowest BCUT2D eigenvalue weighted by Crippen LogP contribution is -2.25. The molecule has 0 atom stereocenters. The summed E-state index contributed by atoms with van der Waals surface area (Å²) < 4.78 is 5.30. The van der Waals surface area contributed by atoms with E-state index >= 15 is 0 Å². The molecule has 0 aliphatic carbocycles. The predicted molar refractivity (Wildman–Crippen MR) is 85.9 cm³/mol. The summed E-state index contributed by atoms with van der Waals surface area (Å²) in [6.45, 7) is 3.50. The molecule has 112 valence electrons. The first-order chi connectivity index (χ1) is 10.4. The van der Waals surface area contributed by atoms with E-state index < -0.39 is 11.5 Å². The van der Waals surface area contributed by atoms with Gasteiger partial charge >= 0.3 is 0 Å². The highest BCUT2D eigenvalue weighted by atomic mass is 32.1. The minimum Gasteiger partial charge on any atom is -0.429 e. The molecule has 22 heavy (non-hydrogen) atoms. The number of amides is 1. The molecule has 2 aromatic heterocycles. The predicted octanol–water partition coefficient (Wildman–Crippen LogP) is 3.05. The second-order valence-corrected chi connectivity index (χ2v) is 5.39. The van der Waals surface area contributed by atoms with Gasteiger partial charge in [-0.25, -0.2) is 0 Å². The molecule has 2 heterocycles. The third-order valence-corrected chi connectivity index (χ3v) is 3.46. The van der Waals surface area contributed by atoms with Gasteiger partial charge in [-0.3, -0.25) is 9.59 Å². The van der Waals surface area contributed by atoms with E-state index in [1.165, 1.54) is 0 Å². The number of hydrogen-bond donors (Lipinski definition) is 3. The number of pyridine rings is 1. The lowest BCUT2D eigenvalue weighted by molar-refractivity contribution is 0.102. The summed E-state index contributed by atoms with van der Waals surface area (Å²) in [5.41, 5.74) is 2.83.